The number of aromatic carboxylic acids is 1. The van der Waals surface area contributed by atoms with Gasteiger partial charge < -0.3 is 15.2 Å². The third kappa shape index (κ3) is 2.95. The Bertz CT molecular complexity index is 556. The Morgan fingerprint density at radius 2 is 2.44 bits per heavy atom. The highest BCUT2D eigenvalue weighted by Crippen LogP contribution is 2.17. The van der Waals surface area contributed by atoms with E-state index in [9.17, 15) is 4.79 Å². The summed E-state index contributed by atoms with van der Waals surface area (Å²) >= 11 is 1.26. The van der Waals surface area contributed by atoms with Gasteiger partial charge in [0.05, 0.1) is 7.11 Å². The van der Waals surface area contributed by atoms with Crippen LogP contribution in [0.4, 0.5) is 5.13 Å². The first-order chi connectivity index (χ1) is 8.69. The molecule has 0 amide bonds. The fourth-order valence-electron chi connectivity index (χ4n) is 1.30. The smallest absolute Gasteiger partial charge is 0.355 e. The van der Waals surface area contributed by atoms with Gasteiger partial charge in [-0.2, -0.15) is 0 Å². The van der Waals surface area contributed by atoms with Gasteiger partial charge >= 0.3 is 5.97 Å². The summed E-state index contributed by atoms with van der Waals surface area (Å²) in [6.45, 7) is 0.533. The number of carboxylic acid groups (broad SMARTS) is 1. The van der Waals surface area contributed by atoms with Crippen LogP contribution < -0.4 is 10.1 Å². The van der Waals surface area contributed by atoms with Crippen molar-refractivity contribution in [3.05, 3.63) is 35.0 Å². The van der Waals surface area contributed by atoms with Gasteiger partial charge in [0.15, 0.2) is 10.8 Å². The third-order valence-corrected chi connectivity index (χ3v) is 2.98. The molecule has 18 heavy (non-hydrogen) atoms. The van der Waals surface area contributed by atoms with Crippen molar-refractivity contribution in [2.75, 3.05) is 12.4 Å². The first kappa shape index (κ1) is 12.3. The maximum atomic E-state index is 10.7. The molecule has 0 saturated heterocycles. The van der Waals surface area contributed by atoms with Crippen molar-refractivity contribution in [3.8, 4) is 5.88 Å². The average molecular weight is 265 g/mol. The van der Waals surface area contributed by atoms with Gasteiger partial charge in [-0.05, 0) is 11.6 Å². The minimum absolute atomic E-state index is 0.0507. The molecule has 7 heteroatoms. The molecule has 0 bridgehead atoms. The highest BCUT2D eigenvalue weighted by Gasteiger charge is 2.08. The summed E-state index contributed by atoms with van der Waals surface area (Å²) in [5, 5.41) is 13.9. The highest BCUT2D eigenvalue weighted by atomic mass is 32.1. The van der Waals surface area contributed by atoms with Crippen LogP contribution in [-0.4, -0.2) is 28.2 Å². The van der Waals surface area contributed by atoms with Crippen molar-refractivity contribution in [2.45, 2.75) is 6.54 Å². The van der Waals surface area contributed by atoms with Crippen molar-refractivity contribution >= 4 is 22.4 Å². The fourth-order valence-corrected chi connectivity index (χ4v) is 1.99. The minimum atomic E-state index is -1.02. The summed E-state index contributed by atoms with van der Waals surface area (Å²) in [6.07, 6.45) is 1.65. The molecule has 0 atom stereocenters. The van der Waals surface area contributed by atoms with Gasteiger partial charge in [0.2, 0.25) is 5.88 Å². The van der Waals surface area contributed by atoms with E-state index in [1.807, 2.05) is 6.07 Å². The van der Waals surface area contributed by atoms with E-state index in [0.717, 1.165) is 5.56 Å². The second-order valence-corrected chi connectivity index (χ2v) is 4.26. The van der Waals surface area contributed by atoms with Gasteiger partial charge in [-0.1, -0.05) is 0 Å². The first-order valence-corrected chi connectivity index (χ1v) is 5.98. The quantitative estimate of drug-likeness (QED) is 0.858. The van der Waals surface area contributed by atoms with Gasteiger partial charge in [-0.3, -0.25) is 0 Å². The summed E-state index contributed by atoms with van der Waals surface area (Å²) in [4.78, 5) is 18.6. The second kappa shape index (κ2) is 5.46. The molecule has 2 rings (SSSR count). The molecule has 2 heterocycles. The second-order valence-electron chi connectivity index (χ2n) is 3.40. The Morgan fingerprint density at radius 3 is 3.11 bits per heavy atom. The molecule has 2 aromatic rings. The Kier molecular flexibility index (Phi) is 3.73. The Labute approximate surface area is 107 Å². The molecule has 2 aromatic heterocycles. The van der Waals surface area contributed by atoms with Crippen molar-refractivity contribution in [1.82, 2.24) is 9.97 Å². The van der Waals surface area contributed by atoms with Crippen LogP contribution in [0.1, 0.15) is 16.1 Å². The van der Waals surface area contributed by atoms with E-state index in [2.05, 4.69) is 15.3 Å². The van der Waals surface area contributed by atoms with Gasteiger partial charge in [0.25, 0.3) is 0 Å². The Balaban J connectivity index is 1.99. The van der Waals surface area contributed by atoms with E-state index in [1.54, 1.807) is 19.4 Å². The molecule has 0 aliphatic heterocycles. The summed E-state index contributed by atoms with van der Waals surface area (Å²) in [6, 6.07) is 3.65. The summed E-state index contributed by atoms with van der Waals surface area (Å²) in [5.41, 5.74) is 1.03. The number of nitrogens with zero attached hydrogens (tertiary/aromatic N) is 2. The summed E-state index contributed by atoms with van der Waals surface area (Å²) in [5.74, 6) is -0.482. The molecular weight excluding hydrogens is 254 g/mol. The topological polar surface area (TPSA) is 84.3 Å². The van der Waals surface area contributed by atoms with E-state index in [1.165, 1.54) is 16.7 Å². The number of anilines is 1. The number of rotatable bonds is 5. The number of carbonyl (C=O) groups is 1. The fraction of sp³-hybridized carbons (Fsp3) is 0.182. The molecule has 6 nitrogen and oxygen atoms in total. The Hall–Kier alpha value is -2.15. The molecule has 0 aliphatic carbocycles. The Morgan fingerprint density at radius 1 is 1.61 bits per heavy atom. The third-order valence-electron chi connectivity index (χ3n) is 2.18. The normalized spacial score (nSPS) is 10.1. The van der Waals surface area contributed by atoms with Crippen LogP contribution in [0.3, 0.4) is 0 Å². The maximum absolute atomic E-state index is 10.7. The zero-order chi connectivity index (χ0) is 13.0. The van der Waals surface area contributed by atoms with Crippen molar-refractivity contribution < 1.29 is 14.6 Å². The average Bonchev–Trinajstić information content (AvgIpc) is 2.85. The van der Waals surface area contributed by atoms with Crippen LogP contribution in [0.15, 0.2) is 23.7 Å². The van der Waals surface area contributed by atoms with Crippen LogP contribution in [0.2, 0.25) is 0 Å². The van der Waals surface area contributed by atoms with Gasteiger partial charge in [-0.15, -0.1) is 11.3 Å². The minimum Gasteiger partial charge on any atom is -0.481 e. The van der Waals surface area contributed by atoms with Crippen molar-refractivity contribution in [1.29, 1.82) is 0 Å². The zero-order valence-corrected chi connectivity index (χ0v) is 10.4. The SMILES string of the molecule is COc1cc(CNc2nc(C(=O)O)cs2)ccn1. The maximum Gasteiger partial charge on any atom is 0.355 e. The number of nitrogens with one attached hydrogen (secondary N) is 1. The number of hydrogen-bond acceptors (Lipinski definition) is 6. The lowest BCUT2D eigenvalue weighted by Crippen LogP contribution is -2.01. The number of thiazole rings is 1. The summed E-state index contributed by atoms with van der Waals surface area (Å²) in [7, 11) is 1.56. The number of pyridine rings is 1. The molecule has 0 aromatic carbocycles. The monoisotopic (exact) mass is 265 g/mol. The molecule has 0 saturated carbocycles. The van der Waals surface area contributed by atoms with Crippen LogP contribution in [-0.2, 0) is 6.54 Å². The van der Waals surface area contributed by atoms with Gasteiger partial charge in [-0.25, -0.2) is 14.8 Å². The standard InChI is InChI=1S/C11H11N3O3S/c1-17-9-4-7(2-3-12-9)5-13-11-14-8(6-18-11)10(15)16/h2-4,6H,5H2,1H3,(H,13,14)(H,15,16). The van der Waals surface area contributed by atoms with Crippen LogP contribution >= 0.6 is 11.3 Å². The van der Waals surface area contributed by atoms with E-state index in [0.29, 0.717) is 17.6 Å². The number of hydrogen-bond donors (Lipinski definition) is 2. The van der Waals surface area contributed by atoms with Gasteiger partial charge in [0, 0.05) is 24.2 Å². The van der Waals surface area contributed by atoms with Gasteiger partial charge in [0.1, 0.15) is 0 Å². The van der Waals surface area contributed by atoms with Crippen molar-refractivity contribution in [3.63, 3.8) is 0 Å². The predicted molar refractivity (Wildman–Crippen MR) is 67.2 cm³/mol. The number of ether oxygens (including phenoxy) is 1. The largest absolute Gasteiger partial charge is 0.481 e. The molecule has 0 aliphatic rings. The van der Waals surface area contributed by atoms with E-state index < -0.39 is 5.97 Å². The molecule has 0 spiro atoms. The van der Waals surface area contributed by atoms with Crippen molar-refractivity contribution in [2.24, 2.45) is 0 Å². The van der Waals surface area contributed by atoms with E-state index in [4.69, 9.17) is 9.84 Å². The number of methoxy groups -OCH3 is 1. The van der Waals surface area contributed by atoms with Crippen LogP contribution in [0, 0.1) is 0 Å². The lowest BCUT2D eigenvalue weighted by molar-refractivity contribution is 0.0691. The summed E-state index contributed by atoms with van der Waals surface area (Å²) < 4.78 is 5.01. The lowest BCUT2D eigenvalue weighted by atomic mass is 10.3. The van der Waals surface area contributed by atoms with E-state index in [-0.39, 0.29) is 5.69 Å². The zero-order valence-electron chi connectivity index (χ0n) is 9.58. The van der Waals surface area contributed by atoms with E-state index >= 15 is 0 Å². The highest BCUT2D eigenvalue weighted by molar-refractivity contribution is 7.13. The van der Waals surface area contributed by atoms with Crippen LogP contribution in [0.5, 0.6) is 5.88 Å². The number of carboxylic acids is 1. The molecule has 94 valence electrons. The molecule has 2 N–H and O–H groups in total. The predicted octanol–water partition coefficient (Wildman–Crippen LogP) is 1.86. The first-order valence-electron chi connectivity index (χ1n) is 5.10. The molecular formula is C11H11N3O3S. The molecule has 0 fully saturated rings. The molecule has 0 radical (unpaired) electrons. The molecule has 0 unspecified atom stereocenters. The lowest BCUT2D eigenvalue weighted by Gasteiger charge is -2.04. The van der Waals surface area contributed by atoms with Crippen LogP contribution in [0.25, 0.3) is 0 Å². The number of aromatic nitrogens is 2.